The van der Waals surface area contributed by atoms with E-state index in [0.717, 1.165) is 56.0 Å². The smallest absolute Gasteiger partial charge is 0.287 e. The Labute approximate surface area is 217 Å². The average molecular weight is 503 g/mol. The van der Waals surface area contributed by atoms with Crippen LogP contribution in [0.2, 0.25) is 0 Å². The lowest BCUT2D eigenvalue weighted by Crippen LogP contribution is -2.35. The molecule has 0 fully saturated rings. The molecular formula is C25H34N12. The summed E-state index contributed by atoms with van der Waals surface area (Å²) in [7, 11) is 5.73. The lowest BCUT2D eigenvalue weighted by molar-refractivity contribution is 0.236. The molecule has 0 saturated carbocycles. The second-order valence-corrected chi connectivity index (χ2v) is 8.90. The molecule has 12 heteroatoms. The van der Waals surface area contributed by atoms with Crippen LogP contribution in [0.3, 0.4) is 0 Å². The van der Waals surface area contributed by atoms with Gasteiger partial charge in [0.15, 0.2) is 0 Å². The highest BCUT2D eigenvalue weighted by Gasteiger charge is 2.16. The number of azo groups is 2. The Morgan fingerprint density at radius 3 is 2.11 bits per heavy atom. The Hall–Kier alpha value is -4.06. The van der Waals surface area contributed by atoms with E-state index in [0.29, 0.717) is 17.9 Å². The largest absolute Gasteiger partial charge is 0.375 e. The maximum atomic E-state index is 4.26. The molecule has 2 heterocycles. The van der Waals surface area contributed by atoms with Crippen molar-refractivity contribution in [3.05, 3.63) is 60.8 Å². The molecule has 37 heavy (non-hydrogen) atoms. The topological polar surface area (TPSA) is 117 Å². The van der Waals surface area contributed by atoms with Crippen molar-refractivity contribution in [1.82, 2.24) is 34.4 Å². The number of anilines is 1. The van der Waals surface area contributed by atoms with Crippen LogP contribution in [0.1, 0.15) is 26.2 Å². The van der Waals surface area contributed by atoms with Gasteiger partial charge in [0, 0.05) is 39.4 Å². The fraction of sp³-hybridized carbons (Fsp3) is 0.440. The van der Waals surface area contributed by atoms with E-state index in [2.05, 4.69) is 88.7 Å². The van der Waals surface area contributed by atoms with Crippen LogP contribution in [0, 0.1) is 0 Å². The standard InChI is InChI=1S/C25H34N12/c1-5-37(23-14-10-21(11-15-23)29-31-25-27-19-36(4)33-25)17-7-6-16-34(2)22-12-8-20(9-13-22)28-30-24-26-18-35(3)32-24/h8-14,18-19,23H,5-7,15-17H2,1-4H3. The van der Waals surface area contributed by atoms with Gasteiger partial charge in [-0.15, -0.1) is 30.7 Å². The molecule has 4 rings (SSSR count). The number of allylic oxidation sites excluding steroid dienone is 1. The Morgan fingerprint density at radius 2 is 1.54 bits per heavy atom. The predicted octanol–water partition coefficient (Wildman–Crippen LogP) is 4.89. The van der Waals surface area contributed by atoms with Gasteiger partial charge in [-0.2, -0.15) is 9.97 Å². The van der Waals surface area contributed by atoms with Crippen molar-refractivity contribution in [2.75, 3.05) is 31.6 Å². The quantitative estimate of drug-likeness (QED) is 0.257. The Balaban J connectivity index is 1.18. The first-order valence-corrected chi connectivity index (χ1v) is 12.5. The Bertz CT molecular complexity index is 1250. The van der Waals surface area contributed by atoms with Crippen molar-refractivity contribution in [3.63, 3.8) is 0 Å². The lowest BCUT2D eigenvalue weighted by Gasteiger charge is -2.29. The second-order valence-electron chi connectivity index (χ2n) is 8.90. The van der Waals surface area contributed by atoms with E-state index in [4.69, 9.17) is 0 Å². The number of hydrogen-bond acceptors (Lipinski definition) is 10. The van der Waals surface area contributed by atoms with Crippen molar-refractivity contribution < 1.29 is 0 Å². The van der Waals surface area contributed by atoms with Crippen molar-refractivity contribution in [1.29, 1.82) is 0 Å². The molecule has 12 nitrogen and oxygen atoms in total. The van der Waals surface area contributed by atoms with Crippen LogP contribution in [-0.4, -0.2) is 67.2 Å². The second kappa shape index (κ2) is 12.8. The van der Waals surface area contributed by atoms with Gasteiger partial charge in [-0.3, -0.25) is 14.3 Å². The fourth-order valence-electron chi connectivity index (χ4n) is 4.02. The summed E-state index contributed by atoms with van der Waals surface area (Å²) in [6.45, 7) is 5.28. The van der Waals surface area contributed by atoms with Gasteiger partial charge in [0.2, 0.25) is 0 Å². The van der Waals surface area contributed by atoms with E-state index >= 15 is 0 Å². The summed E-state index contributed by atoms with van der Waals surface area (Å²) in [6, 6.07) is 8.44. The number of unbranched alkanes of at least 4 members (excludes halogenated alkanes) is 1. The lowest BCUT2D eigenvalue weighted by atomic mass is 10.0. The number of rotatable bonds is 12. The molecule has 1 aliphatic rings. The number of hydrogen-bond donors (Lipinski definition) is 0. The minimum Gasteiger partial charge on any atom is -0.375 e. The van der Waals surface area contributed by atoms with Crippen LogP contribution in [0.15, 0.2) is 81.3 Å². The van der Waals surface area contributed by atoms with Crippen LogP contribution in [0.5, 0.6) is 0 Å². The molecule has 1 aliphatic carbocycles. The number of nitrogens with zero attached hydrogens (tertiary/aromatic N) is 12. The van der Waals surface area contributed by atoms with Gasteiger partial charge in [0.25, 0.3) is 11.9 Å². The van der Waals surface area contributed by atoms with E-state index in [-0.39, 0.29) is 0 Å². The first kappa shape index (κ1) is 26.0. The highest BCUT2D eigenvalue weighted by molar-refractivity contribution is 5.52. The van der Waals surface area contributed by atoms with Gasteiger partial charge >= 0.3 is 0 Å². The molecule has 2 aromatic heterocycles. The molecule has 0 radical (unpaired) electrons. The molecule has 1 atom stereocenters. The molecule has 0 saturated heterocycles. The van der Waals surface area contributed by atoms with E-state index in [1.54, 1.807) is 29.1 Å². The van der Waals surface area contributed by atoms with Crippen molar-refractivity contribution >= 4 is 23.3 Å². The van der Waals surface area contributed by atoms with Gasteiger partial charge in [0.05, 0.1) is 11.4 Å². The highest BCUT2D eigenvalue weighted by atomic mass is 15.4. The van der Waals surface area contributed by atoms with Gasteiger partial charge in [0.1, 0.15) is 12.7 Å². The zero-order valence-electron chi connectivity index (χ0n) is 21.9. The van der Waals surface area contributed by atoms with Crippen molar-refractivity contribution in [2.45, 2.75) is 32.2 Å². The van der Waals surface area contributed by atoms with Gasteiger partial charge in [-0.05, 0) is 62.7 Å². The van der Waals surface area contributed by atoms with E-state index in [1.165, 1.54) is 0 Å². The first-order chi connectivity index (χ1) is 18.0. The maximum Gasteiger partial charge on any atom is 0.287 e. The summed E-state index contributed by atoms with van der Waals surface area (Å²) in [5.41, 5.74) is 2.78. The average Bonchev–Trinajstić information content (AvgIpc) is 3.54. The summed E-state index contributed by atoms with van der Waals surface area (Å²) in [6.07, 6.45) is 12.8. The maximum absolute atomic E-state index is 4.26. The number of likely N-dealkylation sites (N-methyl/N-ethyl adjacent to an activating group) is 1. The Morgan fingerprint density at radius 1 is 0.892 bits per heavy atom. The van der Waals surface area contributed by atoms with Crippen LogP contribution >= 0.6 is 0 Å². The summed E-state index contributed by atoms with van der Waals surface area (Å²) in [4.78, 5) is 12.9. The third kappa shape index (κ3) is 7.71. The van der Waals surface area contributed by atoms with Gasteiger partial charge in [-0.25, -0.2) is 0 Å². The summed E-state index contributed by atoms with van der Waals surface area (Å²) < 4.78 is 3.21. The van der Waals surface area contributed by atoms with Gasteiger partial charge < -0.3 is 4.90 Å². The van der Waals surface area contributed by atoms with Crippen LogP contribution in [0.4, 0.5) is 23.3 Å². The van der Waals surface area contributed by atoms with Crippen LogP contribution in [-0.2, 0) is 14.1 Å². The number of aromatic nitrogens is 6. The third-order valence-corrected chi connectivity index (χ3v) is 6.10. The minimum atomic E-state index is 0.355. The third-order valence-electron chi connectivity index (χ3n) is 6.10. The normalized spacial score (nSPS) is 15.8. The molecule has 194 valence electrons. The van der Waals surface area contributed by atoms with Crippen molar-refractivity contribution in [3.8, 4) is 0 Å². The monoisotopic (exact) mass is 502 g/mol. The fourth-order valence-corrected chi connectivity index (χ4v) is 4.02. The minimum absolute atomic E-state index is 0.355. The predicted molar refractivity (Wildman–Crippen MR) is 143 cm³/mol. The summed E-state index contributed by atoms with van der Waals surface area (Å²) in [5.74, 6) is 0.729. The molecule has 1 unspecified atom stereocenters. The molecule has 0 amide bonds. The van der Waals surface area contributed by atoms with E-state index < -0.39 is 0 Å². The highest BCUT2D eigenvalue weighted by Crippen LogP contribution is 2.22. The van der Waals surface area contributed by atoms with Crippen LogP contribution in [0.25, 0.3) is 0 Å². The molecule has 3 aromatic rings. The molecular weight excluding hydrogens is 468 g/mol. The van der Waals surface area contributed by atoms with E-state index in [1.807, 2.05) is 25.3 Å². The molecule has 0 aliphatic heterocycles. The molecule has 1 aromatic carbocycles. The summed E-state index contributed by atoms with van der Waals surface area (Å²) in [5, 5.41) is 24.8. The van der Waals surface area contributed by atoms with Crippen LogP contribution < -0.4 is 4.90 Å². The number of aryl methyl sites for hydroxylation is 2. The van der Waals surface area contributed by atoms with Gasteiger partial charge in [-0.1, -0.05) is 19.1 Å². The van der Waals surface area contributed by atoms with E-state index in [9.17, 15) is 0 Å². The number of benzene rings is 1. The SMILES string of the molecule is CCN(CCCCN(C)c1ccc(N=Nc2ncn(C)n2)cc1)C1C=CC(N=Nc2ncn(C)n2)=CC1. The van der Waals surface area contributed by atoms with Crippen molar-refractivity contribution in [2.24, 2.45) is 34.6 Å². The molecule has 0 spiro atoms. The zero-order valence-corrected chi connectivity index (χ0v) is 21.9. The Kier molecular flexibility index (Phi) is 8.98. The summed E-state index contributed by atoms with van der Waals surface area (Å²) >= 11 is 0. The molecule has 0 N–H and O–H groups in total. The molecule has 0 bridgehead atoms. The zero-order chi connectivity index (χ0) is 26.0. The first-order valence-electron chi connectivity index (χ1n) is 12.5.